The fraction of sp³-hybridized carbons (Fsp3) is 0.385. The van der Waals surface area contributed by atoms with Gasteiger partial charge >= 0.3 is 0 Å². The van der Waals surface area contributed by atoms with E-state index in [1.807, 2.05) is 25.1 Å². The summed E-state index contributed by atoms with van der Waals surface area (Å²) in [7, 11) is 0. The van der Waals surface area contributed by atoms with E-state index >= 15 is 0 Å². The topological polar surface area (TPSA) is 60.2 Å². The molecule has 1 aromatic heterocycles. The fourth-order valence-electron chi connectivity index (χ4n) is 2.07. The summed E-state index contributed by atoms with van der Waals surface area (Å²) >= 11 is 3.47. The summed E-state index contributed by atoms with van der Waals surface area (Å²) in [5.41, 5.74) is 2.05. The summed E-state index contributed by atoms with van der Waals surface area (Å²) in [6, 6.07) is 6.02. The molecule has 1 saturated heterocycles. The summed E-state index contributed by atoms with van der Waals surface area (Å²) in [4.78, 5) is 4.42. The molecule has 0 saturated carbocycles. The van der Waals surface area contributed by atoms with Gasteiger partial charge in [-0.05, 0) is 30.7 Å². The fourth-order valence-corrected chi connectivity index (χ4v) is 2.68. The van der Waals surface area contributed by atoms with Gasteiger partial charge < -0.3 is 14.6 Å². The predicted molar refractivity (Wildman–Crippen MR) is 73.7 cm³/mol. The molecule has 3 rings (SSSR count). The Balaban J connectivity index is 1.87. The van der Waals surface area contributed by atoms with Crippen molar-refractivity contribution in [2.45, 2.75) is 13.0 Å². The second-order valence-corrected chi connectivity index (χ2v) is 5.45. The molecule has 2 aromatic rings. The van der Waals surface area contributed by atoms with Gasteiger partial charge in [0.05, 0.1) is 6.61 Å². The molecule has 0 aliphatic carbocycles. The Labute approximate surface area is 119 Å². The molecule has 19 heavy (non-hydrogen) atoms. The van der Waals surface area contributed by atoms with Crippen molar-refractivity contribution < 1.29 is 9.26 Å². The zero-order valence-corrected chi connectivity index (χ0v) is 12.1. The van der Waals surface area contributed by atoms with E-state index in [2.05, 4.69) is 31.4 Å². The van der Waals surface area contributed by atoms with Crippen LogP contribution in [0.25, 0.3) is 11.5 Å². The number of nitrogens with zero attached hydrogens (tertiary/aromatic N) is 2. The van der Waals surface area contributed by atoms with Gasteiger partial charge in [-0.15, -0.1) is 0 Å². The summed E-state index contributed by atoms with van der Waals surface area (Å²) in [6.07, 6.45) is -0.125. The van der Waals surface area contributed by atoms with E-state index in [1.165, 1.54) is 0 Å². The number of nitrogens with one attached hydrogen (secondary N) is 1. The van der Waals surface area contributed by atoms with Crippen molar-refractivity contribution in [3.63, 3.8) is 0 Å². The van der Waals surface area contributed by atoms with E-state index in [9.17, 15) is 0 Å². The number of halogens is 1. The Morgan fingerprint density at radius 1 is 1.37 bits per heavy atom. The van der Waals surface area contributed by atoms with Crippen molar-refractivity contribution in [2.75, 3.05) is 19.7 Å². The zero-order chi connectivity index (χ0) is 13.2. The molecule has 1 aliphatic heterocycles. The number of hydrogen-bond donors (Lipinski definition) is 1. The summed E-state index contributed by atoms with van der Waals surface area (Å²) in [5.74, 6) is 1.12. The van der Waals surface area contributed by atoms with Gasteiger partial charge in [0.25, 0.3) is 5.89 Å². The normalized spacial score (nSPS) is 19.6. The van der Waals surface area contributed by atoms with Crippen LogP contribution in [0.4, 0.5) is 0 Å². The molecule has 0 bridgehead atoms. The van der Waals surface area contributed by atoms with Gasteiger partial charge in [-0.1, -0.05) is 21.1 Å². The number of aromatic nitrogens is 2. The maximum absolute atomic E-state index is 5.60. The second-order valence-electron chi connectivity index (χ2n) is 4.54. The third-order valence-corrected chi connectivity index (χ3v) is 3.40. The van der Waals surface area contributed by atoms with Crippen LogP contribution in [0.2, 0.25) is 0 Å². The maximum Gasteiger partial charge on any atom is 0.258 e. The lowest BCUT2D eigenvalue weighted by atomic mass is 10.1. The van der Waals surface area contributed by atoms with Crippen LogP contribution in [-0.4, -0.2) is 29.8 Å². The van der Waals surface area contributed by atoms with Crippen LogP contribution >= 0.6 is 15.9 Å². The average Bonchev–Trinajstić information content (AvgIpc) is 2.88. The molecule has 0 radical (unpaired) electrons. The van der Waals surface area contributed by atoms with Gasteiger partial charge in [-0.2, -0.15) is 4.98 Å². The monoisotopic (exact) mass is 323 g/mol. The number of aryl methyl sites for hydroxylation is 1. The van der Waals surface area contributed by atoms with Gasteiger partial charge in [0.15, 0.2) is 0 Å². The van der Waals surface area contributed by atoms with Crippen molar-refractivity contribution in [1.29, 1.82) is 0 Å². The van der Waals surface area contributed by atoms with Crippen LogP contribution in [0, 0.1) is 6.92 Å². The maximum atomic E-state index is 5.60. The Bertz CT molecular complexity index is 559. The Hall–Kier alpha value is -1.24. The number of ether oxygens (including phenoxy) is 1. The number of benzene rings is 1. The van der Waals surface area contributed by atoms with Crippen LogP contribution in [0.1, 0.15) is 17.5 Å². The molecule has 1 fully saturated rings. The van der Waals surface area contributed by atoms with E-state index in [4.69, 9.17) is 9.26 Å². The molecule has 1 aliphatic rings. The molecule has 5 nitrogen and oxygen atoms in total. The van der Waals surface area contributed by atoms with Crippen LogP contribution in [-0.2, 0) is 4.74 Å². The first kappa shape index (κ1) is 12.8. The molecule has 1 N–H and O–H groups in total. The van der Waals surface area contributed by atoms with Crippen molar-refractivity contribution >= 4 is 15.9 Å². The molecular formula is C13H14BrN3O2. The Morgan fingerprint density at radius 2 is 2.26 bits per heavy atom. The number of hydrogen-bond acceptors (Lipinski definition) is 5. The first-order valence-corrected chi connectivity index (χ1v) is 6.95. The molecule has 0 spiro atoms. The first-order valence-electron chi connectivity index (χ1n) is 6.16. The SMILES string of the molecule is Cc1cc(Br)cc(-c2nc(C3CNCCO3)no2)c1. The van der Waals surface area contributed by atoms with Gasteiger partial charge in [0.2, 0.25) is 5.82 Å². The first-order chi connectivity index (χ1) is 9.22. The van der Waals surface area contributed by atoms with Gasteiger partial charge in [0.1, 0.15) is 6.10 Å². The molecule has 1 atom stereocenters. The quantitative estimate of drug-likeness (QED) is 0.920. The highest BCUT2D eigenvalue weighted by atomic mass is 79.9. The lowest BCUT2D eigenvalue weighted by Gasteiger charge is -2.20. The van der Waals surface area contributed by atoms with Gasteiger partial charge in [0, 0.05) is 23.1 Å². The molecule has 1 unspecified atom stereocenters. The van der Waals surface area contributed by atoms with E-state index in [0.717, 1.165) is 28.7 Å². The minimum atomic E-state index is -0.125. The molecule has 100 valence electrons. The molecule has 1 aromatic carbocycles. The van der Waals surface area contributed by atoms with E-state index < -0.39 is 0 Å². The molecular weight excluding hydrogens is 310 g/mol. The van der Waals surface area contributed by atoms with Crippen LogP contribution in [0.15, 0.2) is 27.2 Å². The Kier molecular flexibility index (Phi) is 3.63. The van der Waals surface area contributed by atoms with Gasteiger partial charge in [-0.25, -0.2) is 0 Å². The summed E-state index contributed by atoms with van der Waals surface area (Å²) < 4.78 is 11.9. The van der Waals surface area contributed by atoms with Crippen molar-refractivity contribution in [3.05, 3.63) is 34.1 Å². The van der Waals surface area contributed by atoms with Crippen LogP contribution in [0.5, 0.6) is 0 Å². The lowest BCUT2D eigenvalue weighted by Crippen LogP contribution is -2.33. The molecule has 2 heterocycles. The van der Waals surface area contributed by atoms with Crippen LogP contribution in [0.3, 0.4) is 0 Å². The van der Waals surface area contributed by atoms with Crippen molar-refractivity contribution in [1.82, 2.24) is 15.5 Å². The molecule has 0 amide bonds. The van der Waals surface area contributed by atoms with E-state index in [1.54, 1.807) is 0 Å². The third-order valence-electron chi connectivity index (χ3n) is 2.95. The minimum absolute atomic E-state index is 0.125. The zero-order valence-electron chi connectivity index (χ0n) is 10.5. The van der Waals surface area contributed by atoms with Crippen LogP contribution < -0.4 is 5.32 Å². The van der Waals surface area contributed by atoms with Crippen molar-refractivity contribution in [2.24, 2.45) is 0 Å². The minimum Gasteiger partial charge on any atom is -0.367 e. The van der Waals surface area contributed by atoms with E-state index in [-0.39, 0.29) is 6.10 Å². The highest BCUT2D eigenvalue weighted by Crippen LogP contribution is 2.25. The molecule has 6 heteroatoms. The standard InChI is InChI=1S/C13H14BrN3O2/c1-8-4-9(6-10(14)5-8)13-16-12(17-19-13)11-7-15-2-3-18-11/h4-6,11,15H,2-3,7H2,1H3. The summed E-state index contributed by atoms with van der Waals surface area (Å²) in [5, 5.41) is 7.26. The Morgan fingerprint density at radius 3 is 3.00 bits per heavy atom. The van der Waals surface area contributed by atoms with Gasteiger partial charge in [-0.3, -0.25) is 0 Å². The average molecular weight is 324 g/mol. The largest absolute Gasteiger partial charge is 0.367 e. The predicted octanol–water partition coefficient (Wildman–Crippen LogP) is 2.47. The van der Waals surface area contributed by atoms with Crippen molar-refractivity contribution in [3.8, 4) is 11.5 Å². The highest BCUT2D eigenvalue weighted by Gasteiger charge is 2.22. The third kappa shape index (κ3) is 2.86. The number of rotatable bonds is 2. The lowest BCUT2D eigenvalue weighted by molar-refractivity contribution is 0.0208. The number of morpholine rings is 1. The highest BCUT2D eigenvalue weighted by molar-refractivity contribution is 9.10. The smallest absolute Gasteiger partial charge is 0.258 e. The van der Waals surface area contributed by atoms with E-state index in [0.29, 0.717) is 18.3 Å². The summed E-state index contributed by atoms with van der Waals surface area (Å²) in [6.45, 7) is 4.28. The second kappa shape index (κ2) is 5.40.